The molecule has 0 spiro atoms. The first-order valence-electron chi connectivity index (χ1n) is 12.7. The molecule has 10 heteroatoms. The van der Waals surface area contributed by atoms with Crippen LogP contribution in [0, 0.1) is 0 Å². The molecule has 0 aromatic heterocycles. The third-order valence-electron chi connectivity index (χ3n) is 5.45. The molecule has 0 radical (unpaired) electrons. The molecule has 0 bridgehead atoms. The molecule has 8 nitrogen and oxygen atoms in total. The number of phenolic OH excluding ortho intramolecular Hbond substituents is 1. The predicted molar refractivity (Wildman–Crippen MR) is 156 cm³/mol. The Bertz CT molecular complexity index is 1150. The highest BCUT2D eigenvalue weighted by molar-refractivity contribution is 7.84. The first-order chi connectivity index (χ1) is 17.7. The van der Waals surface area contributed by atoms with Crippen LogP contribution in [0.4, 0.5) is 0 Å². The van der Waals surface area contributed by atoms with Crippen LogP contribution in [0.5, 0.6) is 11.5 Å². The van der Waals surface area contributed by atoms with E-state index in [9.17, 15) is 13.5 Å². The number of ether oxygens (including phenoxy) is 1. The van der Waals surface area contributed by atoms with Crippen LogP contribution in [0.25, 0.3) is 0 Å². The average molecular weight is 551 g/mol. The van der Waals surface area contributed by atoms with E-state index in [0.29, 0.717) is 22.3 Å². The fourth-order valence-corrected chi connectivity index (χ4v) is 5.71. The Morgan fingerprint density at radius 3 is 1.86 bits per heavy atom. The molecule has 2 heterocycles. The number of aromatic hydroxyl groups is 1. The van der Waals surface area contributed by atoms with Crippen molar-refractivity contribution < 1.29 is 18.3 Å². The monoisotopic (exact) mass is 550 g/mol. The smallest absolute Gasteiger partial charge is 0.175 e. The van der Waals surface area contributed by atoms with Crippen LogP contribution in [-0.4, -0.2) is 68.3 Å². The Morgan fingerprint density at radius 2 is 1.38 bits per heavy atom. The summed E-state index contributed by atoms with van der Waals surface area (Å²) in [5.41, 5.74) is 1.47. The van der Waals surface area contributed by atoms with E-state index in [0.717, 1.165) is 35.1 Å². The van der Waals surface area contributed by atoms with E-state index in [4.69, 9.17) is 4.74 Å². The molecule has 0 aliphatic carbocycles. The Hall–Kier alpha value is -2.72. The lowest BCUT2D eigenvalue weighted by Gasteiger charge is -2.27. The minimum Gasteiger partial charge on any atom is -0.507 e. The first-order valence-corrected chi connectivity index (χ1v) is 14.9. The molecule has 2 aromatic carbocycles. The summed E-state index contributed by atoms with van der Waals surface area (Å²) in [4.78, 5) is 5.32. The van der Waals surface area contributed by atoms with Crippen LogP contribution in [0.2, 0.25) is 0 Å². The Labute approximate surface area is 227 Å². The van der Waals surface area contributed by atoms with E-state index >= 15 is 0 Å². The summed E-state index contributed by atoms with van der Waals surface area (Å²) in [6, 6.07) is 10.9. The van der Waals surface area contributed by atoms with Crippen LogP contribution in [0.3, 0.4) is 0 Å². The fraction of sp³-hybridized carbons (Fsp3) is 0.481. The zero-order valence-corrected chi connectivity index (χ0v) is 25.4. The highest BCUT2D eigenvalue weighted by atomic mass is 32.2. The second-order valence-corrected chi connectivity index (χ2v) is 9.95. The van der Waals surface area contributed by atoms with E-state index in [-0.39, 0.29) is 5.75 Å². The number of fused-ring (bicyclic) bond motifs is 2. The lowest BCUT2D eigenvalue weighted by Crippen LogP contribution is -2.36. The van der Waals surface area contributed by atoms with Crippen LogP contribution in [0.1, 0.15) is 66.5 Å². The van der Waals surface area contributed by atoms with Gasteiger partial charge in [0.15, 0.2) is 33.6 Å². The summed E-state index contributed by atoms with van der Waals surface area (Å²) in [5, 5.41) is 9.72. The summed E-state index contributed by atoms with van der Waals surface area (Å²) in [6.07, 6.45) is 0. The maximum atomic E-state index is 12.0. The van der Waals surface area contributed by atoms with E-state index in [1.807, 2.05) is 64.8 Å². The van der Waals surface area contributed by atoms with Gasteiger partial charge < -0.3 is 19.6 Å². The number of rotatable bonds is 4. The van der Waals surface area contributed by atoms with Crippen molar-refractivity contribution in [3.8, 4) is 11.5 Å². The molecule has 2 aliphatic rings. The number of hydrogen-bond donors (Lipinski definition) is 1. The van der Waals surface area contributed by atoms with Gasteiger partial charge in [-0.2, -0.15) is 8.80 Å². The molecular formula is C27H42N4O4S2. The zero-order chi connectivity index (χ0) is 28.3. The van der Waals surface area contributed by atoms with Gasteiger partial charge in [0.25, 0.3) is 0 Å². The minimum absolute atomic E-state index is 0.136. The normalized spacial score (nSPS) is 16.4. The molecule has 37 heavy (non-hydrogen) atoms. The highest BCUT2D eigenvalue weighted by Gasteiger charge is 2.30. The molecular weight excluding hydrogens is 508 g/mol. The highest BCUT2D eigenvalue weighted by Crippen LogP contribution is 2.33. The number of nitrogens with zero attached hydrogens (tertiary/aromatic N) is 4. The summed E-state index contributed by atoms with van der Waals surface area (Å²) in [5.74, 6) is 2.25. The van der Waals surface area contributed by atoms with Gasteiger partial charge in [0, 0.05) is 26.2 Å². The van der Waals surface area contributed by atoms with Crippen molar-refractivity contribution in [1.82, 2.24) is 9.80 Å². The van der Waals surface area contributed by atoms with Crippen molar-refractivity contribution in [2.24, 2.45) is 8.80 Å². The zero-order valence-electron chi connectivity index (χ0n) is 23.7. The SMILES string of the molecule is CC.CC.CCN(C)C1=NS(=O)c2cccc(O)c21.CCN(C1=NS(=O)c2cccc(OC)c21)C(C)C. The molecule has 2 atom stereocenters. The van der Waals surface area contributed by atoms with Gasteiger partial charge >= 0.3 is 0 Å². The minimum atomic E-state index is -1.37. The maximum absolute atomic E-state index is 12.0. The maximum Gasteiger partial charge on any atom is 0.175 e. The van der Waals surface area contributed by atoms with E-state index < -0.39 is 22.0 Å². The molecule has 0 fully saturated rings. The Kier molecular flexibility index (Phi) is 13.5. The lowest BCUT2D eigenvalue weighted by molar-refractivity contribution is 0.364. The fourth-order valence-electron chi connectivity index (χ4n) is 3.65. The first kappa shape index (κ1) is 32.3. The van der Waals surface area contributed by atoms with Crippen molar-refractivity contribution in [3.63, 3.8) is 0 Å². The molecule has 2 aliphatic heterocycles. The van der Waals surface area contributed by atoms with E-state index in [1.54, 1.807) is 25.3 Å². The molecule has 0 saturated carbocycles. The number of hydrogen-bond acceptors (Lipinski definition) is 6. The van der Waals surface area contributed by atoms with Crippen molar-refractivity contribution in [2.75, 3.05) is 27.2 Å². The third kappa shape index (κ3) is 7.19. The largest absolute Gasteiger partial charge is 0.507 e. The lowest BCUT2D eigenvalue weighted by atomic mass is 10.1. The van der Waals surface area contributed by atoms with Crippen molar-refractivity contribution in [2.45, 2.75) is 71.2 Å². The topological polar surface area (TPSA) is 94.8 Å². The summed E-state index contributed by atoms with van der Waals surface area (Å²) in [6.45, 7) is 17.8. The van der Waals surface area contributed by atoms with Crippen molar-refractivity contribution in [1.29, 1.82) is 0 Å². The van der Waals surface area contributed by atoms with Gasteiger partial charge in [-0.05, 0) is 52.0 Å². The van der Waals surface area contributed by atoms with E-state index in [1.165, 1.54) is 0 Å². The van der Waals surface area contributed by atoms with Crippen LogP contribution in [-0.2, 0) is 22.0 Å². The van der Waals surface area contributed by atoms with Gasteiger partial charge in [-0.25, -0.2) is 8.42 Å². The van der Waals surface area contributed by atoms with Gasteiger partial charge in [0.2, 0.25) is 0 Å². The van der Waals surface area contributed by atoms with E-state index in [2.05, 4.69) is 34.5 Å². The number of benzene rings is 2. The van der Waals surface area contributed by atoms with Crippen LogP contribution >= 0.6 is 0 Å². The molecule has 1 N–H and O–H groups in total. The number of methoxy groups -OCH3 is 1. The summed E-state index contributed by atoms with van der Waals surface area (Å²) < 4.78 is 37.4. The summed E-state index contributed by atoms with van der Waals surface area (Å²) in [7, 11) is 0.798. The second kappa shape index (κ2) is 15.5. The third-order valence-corrected chi connectivity index (χ3v) is 7.56. The molecule has 0 amide bonds. The van der Waals surface area contributed by atoms with Gasteiger partial charge in [0.05, 0.1) is 28.0 Å². The Balaban J connectivity index is 0.000000330. The standard InChI is InChI=1S/C13H18N2O2S.C10H12N2O2S.2C2H6/c1-5-15(9(2)3)13-12-10(17-4)7-6-8-11(12)18(16)14-13;1-3-12(2)10-9-7(13)5-4-6-8(9)15(14)11-10;2*1-2/h6-9H,5H2,1-4H3;4-6,13H,3H2,1-2H3;2*1-2H3. The molecule has 4 rings (SSSR count). The van der Waals surface area contributed by atoms with Gasteiger partial charge in [0.1, 0.15) is 11.5 Å². The molecule has 2 aromatic rings. The van der Waals surface area contributed by atoms with Gasteiger partial charge in [-0.15, -0.1) is 0 Å². The van der Waals surface area contributed by atoms with Gasteiger partial charge in [-0.3, -0.25) is 0 Å². The number of phenols is 1. The second-order valence-electron chi connectivity index (χ2n) is 7.71. The quantitative estimate of drug-likeness (QED) is 0.549. The van der Waals surface area contributed by atoms with Crippen molar-refractivity contribution >= 4 is 33.6 Å². The van der Waals surface area contributed by atoms with Crippen LogP contribution in [0.15, 0.2) is 55.0 Å². The molecule has 2 unspecified atom stereocenters. The predicted octanol–water partition coefficient (Wildman–Crippen LogP) is 5.39. The van der Waals surface area contributed by atoms with Crippen molar-refractivity contribution in [3.05, 3.63) is 47.5 Å². The Morgan fingerprint density at radius 1 is 0.865 bits per heavy atom. The summed E-state index contributed by atoms with van der Waals surface area (Å²) >= 11 is 0. The van der Waals surface area contributed by atoms with Gasteiger partial charge in [-0.1, -0.05) is 39.8 Å². The number of amidine groups is 2. The van der Waals surface area contributed by atoms with Crippen LogP contribution < -0.4 is 4.74 Å². The molecule has 206 valence electrons. The average Bonchev–Trinajstić information content (AvgIpc) is 3.44. The molecule has 0 saturated heterocycles.